The summed E-state index contributed by atoms with van der Waals surface area (Å²) >= 11 is 0. The van der Waals surface area contributed by atoms with Crippen LogP contribution in [0.3, 0.4) is 0 Å². The molecule has 1 fully saturated rings. The quantitative estimate of drug-likeness (QED) is 0.919. The molecule has 2 N–H and O–H groups in total. The lowest BCUT2D eigenvalue weighted by atomic mass is 9.97. The van der Waals surface area contributed by atoms with Crippen molar-refractivity contribution in [2.24, 2.45) is 5.73 Å². The SMILES string of the molecule is NCC(c1cccc2ccccc12)N1CCCCCC1. The molecular weight excluding hydrogens is 244 g/mol. The maximum atomic E-state index is 6.14. The van der Waals surface area contributed by atoms with E-state index in [2.05, 4.69) is 47.4 Å². The number of rotatable bonds is 3. The molecule has 0 saturated carbocycles. The third kappa shape index (κ3) is 2.72. The van der Waals surface area contributed by atoms with Gasteiger partial charge in [-0.25, -0.2) is 0 Å². The second-order valence-electron chi connectivity index (χ2n) is 5.77. The average Bonchev–Trinajstić information content (AvgIpc) is 2.78. The summed E-state index contributed by atoms with van der Waals surface area (Å²) in [4.78, 5) is 2.59. The lowest BCUT2D eigenvalue weighted by molar-refractivity contribution is 0.211. The van der Waals surface area contributed by atoms with E-state index in [1.54, 1.807) is 0 Å². The summed E-state index contributed by atoms with van der Waals surface area (Å²) < 4.78 is 0. The van der Waals surface area contributed by atoms with Gasteiger partial charge < -0.3 is 5.73 Å². The van der Waals surface area contributed by atoms with Crippen LogP contribution in [-0.2, 0) is 0 Å². The van der Waals surface area contributed by atoms with Gasteiger partial charge in [-0.2, -0.15) is 0 Å². The van der Waals surface area contributed by atoms with E-state index in [4.69, 9.17) is 5.73 Å². The Morgan fingerprint density at radius 1 is 0.900 bits per heavy atom. The fourth-order valence-electron chi connectivity index (χ4n) is 3.42. The van der Waals surface area contributed by atoms with E-state index < -0.39 is 0 Å². The molecule has 2 heteroatoms. The Balaban J connectivity index is 1.98. The second kappa shape index (κ2) is 6.38. The number of nitrogens with zero attached hydrogens (tertiary/aromatic N) is 1. The predicted octanol–water partition coefficient (Wildman–Crippen LogP) is 3.72. The highest BCUT2D eigenvalue weighted by Gasteiger charge is 2.21. The summed E-state index contributed by atoms with van der Waals surface area (Å²) in [6.07, 6.45) is 5.34. The van der Waals surface area contributed by atoms with E-state index in [-0.39, 0.29) is 0 Å². The predicted molar refractivity (Wildman–Crippen MR) is 85.8 cm³/mol. The van der Waals surface area contributed by atoms with Crippen LogP contribution in [0.4, 0.5) is 0 Å². The maximum absolute atomic E-state index is 6.14. The zero-order chi connectivity index (χ0) is 13.8. The first kappa shape index (κ1) is 13.6. The molecule has 0 amide bonds. The summed E-state index contributed by atoms with van der Waals surface area (Å²) in [7, 11) is 0. The molecule has 0 spiro atoms. The normalized spacial score (nSPS) is 18.9. The minimum atomic E-state index is 0.360. The highest BCUT2D eigenvalue weighted by atomic mass is 15.2. The number of benzene rings is 2. The molecule has 0 aliphatic carbocycles. The van der Waals surface area contributed by atoms with E-state index in [1.165, 1.54) is 55.1 Å². The standard InChI is InChI=1S/C18H24N2/c19-14-18(20-12-5-1-2-6-13-20)17-11-7-9-15-8-3-4-10-16(15)17/h3-4,7-11,18H,1-2,5-6,12-14,19H2. The van der Waals surface area contributed by atoms with E-state index in [1.807, 2.05) is 0 Å². The van der Waals surface area contributed by atoms with Gasteiger partial charge in [0.2, 0.25) is 0 Å². The van der Waals surface area contributed by atoms with Crippen LogP contribution in [0.25, 0.3) is 10.8 Å². The Labute approximate surface area is 121 Å². The molecule has 3 rings (SSSR count). The summed E-state index contributed by atoms with van der Waals surface area (Å²) in [6, 6.07) is 15.6. The molecule has 1 aliphatic rings. The fraction of sp³-hybridized carbons (Fsp3) is 0.444. The zero-order valence-corrected chi connectivity index (χ0v) is 12.1. The second-order valence-corrected chi connectivity index (χ2v) is 5.77. The van der Waals surface area contributed by atoms with Crippen LogP contribution in [0, 0.1) is 0 Å². The van der Waals surface area contributed by atoms with Crippen LogP contribution in [0.15, 0.2) is 42.5 Å². The van der Waals surface area contributed by atoms with E-state index >= 15 is 0 Å². The first-order chi connectivity index (χ1) is 9.90. The van der Waals surface area contributed by atoms with E-state index in [9.17, 15) is 0 Å². The van der Waals surface area contributed by atoms with Gasteiger partial charge in [-0.3, -0.25) is 4.90 Å². The largest absolute Gasteiger partial charge is 0.329 e. The molecule has 0 radical (unpaired) electrons. The summed E-state index contributed by atoms with van der Waals surface area (Å²) in [6.45, 7) is 3.07. The van der Waals surface area contributed by atoms with Crippen molar-refractivity contribution < 1.29 is 0 Å². The van der Waals surface area contributed by atoms with Crippen LogP contribution in [0.2, 0.25) is 0 Å². The maximum Gasteiger partial charge on any atom is 0.0476 e. The topological polar surface area (TPSA) is 29.3 Å². The van der Waals surface area contributed by atoms with Crippen LogP contribution < -0.4 is 5.73 Å². The number of hydrogen-bond acceptors (Lipinski definition) is 2. The fourth-order valence-corrected chi connectivity index (χ4v) is 3.42. The first-order valence-corrected chi connectivity index (χ1v) is 7.82. The van der Waals surface area contributed by atoms with Crippen molar-refractivity contribution in [1.29, 1.82) is 0 Å². The number of fused-ring (bicyclic) bond motifs is 1. The monoisotopic (exact) mass is 268 g/mol. The van der Waals surface area contributed by atoms with Crippen molar-refractivity contribution in [3.05, 3.63) is 48.0 Å². The Morgan fingerprint density at radius 2 is 1.60 bits per heavy atom. The Kier molecular flexibility index (Phi) is 4.34. The summed E-state index contributed by atoms with van der Waals surface area (Å²) in [5.41, 5.74) is 7.53. The molecule has 1 unspecified atom stereocenters. The number of nitrogens with two attached hydrogens (primary N) is 1. The van der Waals surface area contributed by atoms with Gasteiger partial charge >= 0.3 is 0 Å². The smallest absolute Gasteiger partial charge is 0.0476 e. The highest BCUT2D eigenvalue weighted by Crippen LogP contribution is 2.29. The van der Waals surface area contributed by atoms with Gasteiger partial charge in [-0.15, -0.1) is 0 Å². The number of hydrogen-bond donors (Lipinski definition) is 1. The lowest BCUT2D eigenvalue weighted by Crippen LogP contribution is -2.34. The van der Waals surface area contributed by atoms with E-state index in [0.29, 0.717) is 12.6 Å². The minimum Gasteiger partial charge on any atom is -0.329 e. The molecule has 2 aromatic carbocycles. The average molecular weight is 268 g/mol. The molecule has 0 bridgehead atoms. The van der Waals surface area contributed by atoms with E-state index in [0.717, 1.165) is 0 Å². The van der Waals surface area contributed by atoms with Crippen molar-refractivity contribution in [1.82, 2.24) is 4.90 Å². The molecule has 20 heavy (non-hydrogen) atoms. The van der Waals surface area contributed by atoms with Gasteiger partial charge in [0.25, 0.3) is 0 Å². The minimum absolute atomic E-state index is 0.360. The Hall–Kier alpha value is -1.38. The summed E-state index contributed by atoms with van der Waals surface area (Å²) in [5.74, 6) is 0. The molecule has 1 heterocycles. The van der Waals surface area contributed by atoms with Crippen molar-refractivity contribution in [2.75, 3.05) is 19.6 Å². The van der Waals surface area contributed by atoms with Gasteiger partial charge in [0.05, 0.1) is 0 Å². The molecule has 2 nitrogen and oxygen atoms in total. The van der Waals surface area contributed by atoms with Gasteiger partial charge in [0.1, 0.15) is 0 Å². The third-order valence-electron chi connectivity index (χ3n) is 4.49. The molecule has 1 aliphatic heterocycles. The van der Waals surface area contributed by atoms with Crippen LogP contribution >= 0.6 is 0 Å². The van der Waals surface area contributed by atoms with Crippen molar-refractivity contribution in [3.63, 3.8) is 0 Å². The molecule has 106 valence electrons. The third-order valence-corrected chi connectivity index (χ3v) is 4.49. The van der Waals surface area contributed by atoms with Gasteiger partial charge in [-0.1, -0.05) is 55.3 Å². The molecule has 2 aromatic rings. The molecular formula is C18H24N2. The Bertz CT molecular complexity index is 551. The Morgan fingerprint density at radius 3 is 2.35 bits per heavy atom. The highest BCUT2D eigenvalue weighted by molar-refractivity contribution is 5.86. The number of likely N-dealkylation sites (tertiary alicyclic amines) is 1. The van der Waals surface area contributed by atoms with Gasteiger partial charge in [-0.05, 0) is 42.3 Å². The van der Waals surface area contributed by atoms with Gasteiger partial charge in [0, 0.05) is 12.6 Å². The van der Waals surface area contributed by atoms with Crippen LogP contribution in [-0.4, -0.2) is 24.5 Å². The first-order valence-electron chi connectivity index (χ1n) is 7.82. The molecule has 1 saturated heterocycles. The molecule has 1 atom stereocenters. The van der Waals surface area contributed by atoms with Crippen molar-refractivity contribution in [3.8, 4) is 0 Å². The van der Waals surface area contributed by atoms with Crippen molar-refractivity contribution in [2.45, 2.75) is 31.7 Å². The van der Waals surface area contributed by atoms with Crippen LogP contribution in [0.1, 0.15) is 37.3 Å². The summed E-state index contributed by atoms with van der Waals surface area (Å²) in [5, 5.41) is 2.67. The van der Waals surface area contributed by atoms with Crippen LogP contribution in [0.5, 0.6) is 0 Å². The van der Waals surface area contributed by atoms with Gasteiger partial charge in [0.15, 0.2) is 0 Å². The lowest BCUT2D eigenvalue weighted by Gasteiger charge is -2.30. The molecule has 0 aromatic heterocycles. The van der Waals surface area contributed by atoms with Crippen molar-refractivity contribution >= 4 is 10.8 Å². The zero-order valence-electron chi connectivity index (χ0n) is 12.1.